The summed E-state index contributed by atoms with van der Waals surface area (Å²) in [4.78, 5) is 24.9. The molecule has 3 rings (SSSR count). The van der Waals surface area contributed by atoms with Crippen LogP contribution >= 0.6 is 12.2 Å². The lowest BCUT2D eigenvalue weighted by Crippen LogP contribution is -2.49. The van der Waals surface area contributed by atoms with Gasteiger partial charge in [0.15, 0.2) is 5.11 Å². The van der Waals surface area contributed by atoms with Crippen molar-refractivity contribution in [1.82, 2.24) is 10.6 Å². The predicted molar refractivity (Wildman–Crippen MR) is 118 cm³/mol. The quantitative estimate of drug-likeness (QED) is 0.531. The molecule has 0 radical (unpaired) electrons. The van der Waals surface area contributed by atoms with E-state index in [0.717, 1.165) is 22.4 Å². The maximum Gasteiger partial charge on any atom is 0.337 e. The number of anilines is 1. The minimum atomic E-state index is -0.416. The molecule has 0 aliphatic carbocycles. The van der Waals surface area contributed by atoms with Gasteiger partial charge in [0.2, 0.25) is 0 Å². The molecule has 3 N–H and O–H groups in total. The standard InChI is InChI=1S/C22H23N3O3S/c1-12-5-10-17(13(2)11-12)24-20(26)18-14(3)23-22(29)25-19(18)15-6-8-16(9-7-15)21(27)28-4/h5-11,14H,1-4H3,(H,24,26)(H2,23,25,29)/t14-/m0/s1. The molecule has 0 spiro atoms. The molecule has 0 unspecified atom stereocenters. The molecule has 0 saturated heterocycles. The lowest BCUT2D eigenvalue weighted by molar-refractivity contribution is -0.113. The van der Waals surface area contributed by atoms with Crippen LogP contribution in [0.4, 0.5) is 5.69 Å². The fraction of sp³-hybridized carbons (Fsp3) is 0.227. The molecule has 0 bridgehead atoms. The highest BCUT2D eigenvalue weighted by Gasteiger charge is 2.28. The summed E-state index contributed by atoms with van der Waals surface area (Å²) in [5, 5.41) is 9.61. The molecular weight excluding hydrogens is 386 g/mol. The van der Waals surface area contributed by atoms with Crippen molar-refractivity contribution in [2.24, 2.45) is 0 Å². The van der Waals surface area contributed by atoms with Crippen molar-refractivity contribution >= 4 is 40.6 Å². The third-order valence-electron chi connectivity index (χ3n) is 4.76. The summed E-state index contributed by atoms with van der Waals surface area (Å²) in [5.41, 5.74) is 5.20. The maximum atomic E-state index is 13.2. The van der Waals surface area contributed by atoms with Crippen LogP contribution in [0.5, 0.6) is 0 Å². The smallest absolute Gasteiger partial charge is 0.337 e. The fourth-order valence-electron chi connectivity index (χ4n) is 3.27. The number of aryl methyl sites for hydroxylation is 2. The first kappa shape index (κ1) is 20.5. The number of methoxy groups -OCH3 is 1. The van der Waals surface area contributed by atoms with Crippen LogP contribution in [-0.4, -0.2) is 30.1 Å². The number of rotatable bonds is 4. The Kier molecular flexibility index (Phi) is 5.98. The van der Waals surface area contributed by atoms with Crippen LogP contribution in [0.2, 0.25) is 0 Å². The van der Waals surface area contributed by atoms with Gasteiger partial charge in [0.1, 0.15) is 0 Å². The molecule has 1 heterocycles. The number of carbonyl (C=O) groups is 2. The molecule has 2 aromatic rings. The van der Waals surface area contributed by atoms with Crippen molar-refractivity contribution in [3.8, 4) is 0 Å². The van der Waals surface area contributed by atoms with Crippen molar-refractivity contribution in [3.63, 3.8) is 0 Å². The van der Waals surface area contributed by atoms with Crippen LogP contribution < -0.4 is 16.0 Å². The SMILES string of the molecule is COC(=O)c1ccc(C2=C(C(=O)Nc3ccc(C)cc3C)[C@H](C)NC(=S)N2)cc1. The van der Waals surface area contributed by atoms with Crippen LogP contribution in [0.25, 0.3) is 5.70 Å². The molecule has 1 aliphatic heterocycles. The van der Waals surface area contributed by atoms with Crippen LogP contribution in [0, 0.1) is 13.8 Å². The van der Waals surface area contributed by atoms with E-state index in [1.807, 2.05) is 39.0 Å². The number of esters is 1. The zero-order valence-corrected chi connectivity index (χ0v) is 17.6. The molecule has 1 amide bonds. The molecule has 6 nitrogen and oxygen atoms in total. The number of amides is 1. The first-order chi connectivity index (χ1) is 13.8. The number of benzene rings is 2. The normalized spacial score (nSPS) is 16.0. The second-order valence-electron chi connectivity index (χ2n) is 6.95. The van der Waals surface area contributed by atoms with Crippen LogP contribution in [0.3, 0.4) is 0 Å². The van der Waals surface area contributed by atoms with E-state index in [2.05, 4.69) is 16.0 Å². The third-order valence-corrected chi connectivity index (χ3v) is 4.98. The average Bonchev–Trinajstić information content (AvgIpc) is 2.69. The molecule has 7 heteroatoms. The topological polar surface area (TPSA) is 79.5 Å². The van der Waals surface area contributed by atoms with Crippen molar-refractivity contribution in [3.05, 3.63) is 70.3 Å². The Morgan fingerprint density at radius 1 is 1.10 bits per heavy atom. The first-order valence-corrected chi connectivity index (χ1v) is 9.60. The van der Waals surface area contributed by atoms with E-state index in [0.29, 0.717) is 21.9 Å². The number of hydrogen-bond donors (Lipinski definition) is 3. The van der Waals surface area contributed by atoms with Gasteiger partial charge in [0, 0.05) is 5.69 Å². The van der Waals surface area contributed by atoms with Gasteiger partial charge in [0.05, 0.1) is 30.0 Å². The zero-order valence-electron chi connectivity index (χ0n) is 16.8. The van der Waals surface area contributed by atoms with Crippen LogP contribution in [0.15, 0.2) is 48.0 Å². The highest BCUT2D eigenvalue weighted by atomic mass is 32.1. The van der Waals surface area contributed by atoms with E-state index in [4.69, 9.17) is 17.0 Å². The molecule has 0 aromatic heterocycles. The van der Waals surface area contributed by atoms with Gasteiger partial charge < -0.3 is 20.7 Å². The number of nitrogens with one attached hydrogen (secondary N) is 3. The Labute approximate surface area is 175 Å². The molecule has 29 heavy (non-hydrogen) atoms. The van der Waals surface area contributed by atoms with Crippen molar-refractivity contribution in [1.29, 1.82) is 0 Å². The molecule has 0 fully saturated rings. The highest BCUT2D eigenvalue weighted by molar-refractivity contribution is 7.80. The van der Waals surface area contributed by atoms with E-state index in [1.54, 1.807) is 24.3 Å². The maximum absolute atomic E-state index is 13.2. The van der Waals surface area contributed by atoms with E-state index in [1.165, 1.54) is 7.11 Å². The van der Waals surface area contributed by atoms with Gasteiger partial charge in [-0.3, -0.25) is 4.79 Å². The summed E-state index contributed by atoms with van der Waals surface area (Å²) in [6.45, 7) is 5.85. The molecule has 1 atom stereocenters. The summed E-state index contributed by atoms with van der Waals surface area (Å²) in [7, 11) is 1.34. The van der Waals surface area contributed by atoms with E-state index < -0.39 is 5.97 Å². The molecule has 2 aromatic carbocycles. The molecular formula is C22H23N3O3S. The number of hydrogen-bond acceptors (Lipinski definition) is 4. The Bertz CT molecular complexity index is 1010. The number of thiocarbonyl (C=S) groups is 1. The summed E-state index contributed by atoms with van der Waals surface area (Å²) < 4.78 is 4.74. The fourth-order valence-corrected chi connectivity index (χ4v) is 3.55. The van der Waals surface area contributed by atoms with E-state index in [9.17, 15) is 9.59 Å². The van der Waals surface area contributed by atoms with Crippen LogP contribution in [-0.2, 0) is 9.53 Å². The zero-order chi connectivity index (χ0) is 21.1. The molecule has 0 saturated carbocycles. The summed E-state index contributed by atoms with van der Waals surface area (Å²) in [6.07, 6.45) is 0. The minimum absolute atomic E-state index is 0.223. The van der Waals surface area contributed by atoms with Gasteiger partial charge in [-0.15, -0.1) is 0 Å². The molecule has 150 valence electrons. The predicted octanol–water partition coefficient (Wildman–Crippen LogP) is 3.31. The second kappa shape index (κ2) is 8.45. The lowest BCUT2D eigenvalue weighted by Gasteiger charge is -2.29. The molecule has 1 aliphatic rings. The van der Waals surface area contributed by atoms with Gasteiger partial charge in [-0.25, -0.2) is 4.79 Å². The van der Waals surface area contributed by atoms with E-state index >= 15 is 0 Å². The summed E-state index contributed by atoms with van der Waals surface area (Å²) >= 11 is 5.29. The van der Waals surface area contributed by atoms with Crippen molar-refractivity contribution in [2.45, 2.75) is 26.8 Å². The van der Waals surface area contributed by atoms with Gasteiger partial charge in [-0.1, -0.05) is 29.8 Å². The minimum Gasteiger partial charge on any atom is -0.465 e. The van der Waals surface area contributed by atoms with Gasteiger partial charge in [-0.05, 0) is 62.3 Å². The summed E-state index contributed by atoms with van der Waals surface area (Å²) in [6, 6.07) is 12.4. The largest absolute Gasteiger partial charge is 0.465 e. The van der Waals surface area contributed by atoms with Gasteiger partial charge >= 0.3 is 5.97 Å². The Balaban J connectivity index is 1.99. The van der Waals surface area contributed by atoms with Gasteiger partial charge in [-0.2, -0.15) is 0 Å². The monoisotopic (exact) mass is 409 g/mol. The first-order valence-electron chi connectivity index (χ1n) is 9.19. The second-order valence-corrected chi connectivity index (χ2v) is 7.36. The number of carbonyl (C=O) groups excluding carboxylic acids is 2. The van der Waals surface area contributed by atoms with E-state index in [-0.39, 0.29) is 11.9 Å². The Morgan fingerprint density at radius 3 is 2.41 bits per heavy atom. The Hall–Kier alpha value is -3.19. The average molecular weight is 410 g/mol. The third kappa shape index (κ3) is 4.46. The van der Waals surface area contributed by atoms with Crippen LogP contribution in [0.1, 0.15) is 34.0 Å². The van der Waals surface area contributed by atoms with Crippen molar-refractivity contribution < 1.29 is 14.3 Å². The Morgan fingerprint density at radius 2 is 1.79 bits per heavy atom. The highest BCUT2D eigenvalue weighted by Crippen LogP contribution is 2.25. The lowest BCUT2D eigenvalue weighted by atomic mass is 9.97. The van der Waals surface area contributed by atoms with Crippen molar-refractivity contribution in [2.75, 3.05) is 12.4 Å². The summed E-state index contributed by atoms with van der Waals surface area (Å²) in [5.74, 6) is -0.639. The van der Waals surface area contributed by atoms with Gasteiger partial charge in [0.25, 0.3) is 5.91 Å². The number of ether oxygens (including phenoxy) is 1.